The molecule has 1 aromatic carbocycles. The van der Waals surface area contributed by atoms with Crippen LogP contribution in [0, 0.1) is 0 Å². The molecule has 1 aliphatic rings. The maximum atomic E-state index is 12.2. The summed E-state index contributed by atoms with van der Waals surface area (Å²) < 4.78 is 15.9. The molecule has 0 spiro atoms. The van der Waals surface area contributed by atoms with E-state index in [0.717, 1.165) is 42.2 Å². The van der Waals surface area contributed by atoms with Crippen molar-refractivity contribution in [3.63, 3.8) is 0 Å². The van der Waals surface area contributed by atoms with Gasteiger partial charge in [-0.3, -0.25) is 4.79 Å². The molecule has 0 unspecified atom stereocenters. The SMILES string of the molecule is CC(C)(C)OC(=O)NCCCC(=O)Oc1ccc2c3c(c(=O)oc2c1)CCCC3. The number of carbonyl (C=O) groups excluding carboxylic acids is 2. The van der Waals surface area contributed by atoms with Gasteiger partial charge in [0.2, 0.25) is 0 Å². The Balaban J connectivity index is 1.55. The number of nitrogens with one attached hydrogen (secondary N) is 1. The minimum atomic E-state index is -0.562. The summed E-state index contributed by atoms with van der Waals surface area (Å²) in [6.07, 6.45) is 3.72. The highest BCUT2D eigenvalue weighted by molar-refractivity contribution is 5.84. The van der Waals surface area contributed by atoms with E-state index in [4.69, 9.17) is 13.9 Å². The first kappa shape index (κ1) is 20.9. The normalized spacial score (nSPS) is 13.6. The number of alkyl carbamates (subject to hydrolysis) is 1. The van der Waals surface area contributed by atoms with Gasteiger partial charge in [0.15, 0.2) is 0 Å². The van der Waals surface area contributed by atoms with Crippen molar-refractivity contribution in [3.05, 3.63) is 39.7 Å². The van der Waals surface area contributed by atoms with Gasteiger partial charge in [0.05, 0.1) is 0 Å². The molecular formula is C22H27NO6. The van der Waals surface area contributed by atoms with Gasteiger partial charge in [-0.1, -0.05) is 0 Å². The number of aryl methyl sites for hydroxylation is 1. The summed E-state index contributed by atoms with van der Waals surface area (Å²) in [5.74, 6) is -0.0860. The zero-order valence-electron chi connectivity index (χ0n) is 17.1. The van der Waals surface area contributed by atoms with Crippen LogP contribution in [0.2, 0.25) is 0 Å². The predicted octanol–water partition coefficient (Wildman–Crippen LogP) is 3.88. The summed E-state index contributed by atoms with van der Waals surface area (Å²) in [7, 11) is 0. The van der Waals surface area contributed by atoms with E-state index in [9.17, 15) is 14.4 Å². The van der Waals surface area contributed by atoms with Crippen LogP contribution in [0.4, 0.5) is 4.79 Å². The Hall–Kier alpha value is -2.83. The third-order valence-electron chi connectivity index (χ3n) is 4.65. The summed E-state index contributed by atoms with van der Waals surface area (Å²) in [6, 6.07) is 5.14. The second kappa shape index (κ2) is 8.68. The highest BCUT2D eigenvalue weighted by Crippen LogP contribution is 2.29. The van der Waals surface area contributed by atoms with Crippen LogP contribution in [-0.4, -0.2) is 24.2 Å². The quantitative estimate of drug-likeness (QED) is 0.354. The van der Waals surface area contributed by atoms with Crippen LogP contribution >= 0.6 is 0 Å². The van der Waals surface area contributed by atoms with Crippen molar-refractivity contribution in [1.29, 1.82) is 0 Å². The van der Waals surface area contributed by atoms with Crippen LogP contribution in [0.1, 0.15) is 57.6 Å². The first-order valence-corrected chi connectivity index (χ1v) is 9.99. The molecule has 0 fully saturated rings. The largest absolute Gasteiger partial charge is 0.444 e. The van der Waals surface area contributed by atoms with Crippen molar-refractivity contribution >= 4 is 23.0 Å². The van der Waals surface area contributed by atoms with E-state index in [-0.39, 0.29) is 12.0 Å². The zero-order valence-corrected chi connectivity index (χ0v) is 17.1. The number of amides is 1. The summed E-state index contributed by atoms with van der Waals surface area (Å²) in [5.41, 5.74) is 1.39. The first-order valence-electron chi connectivity index (χ1n) is 9.99. The number of hydrogen-bond donors (Lipinski definition) is 1. The van der Waals surface area contributed by atoms with Gasteiger partial charge in [-0.2, -0.15) is 0 Å². The Kier molecular flexibility index (Phi) is 6.25. The van der Waals surface area contributed by atoms with E-state index in [2.05, 4.69) is 5.32 Å². The lowest BCUT2D eigenvalue weighted by Crippen LogP contribution is -2.33. The standard InChI is InChI=1S/C22H27NO6/c1-22(2,3)29-21(26)23-12-6-9-19(24)27-14-10-11-16-15-7-4-5-8-17(15)20(25)28-18(16)13-14/h10-11,13H,4-9,12H2,1-3H3,(H,23,26). The molecule has 0 saturated heterocycles. The molecular weight excluding hydrogens is 374 g/mol. The summed E-state index contributed by atoms with van der Waals surface area (Å²) >= 11 is 0. The minimum absolute atomic E-state index is 0.141. The maximum absolute atomic E-state index is 12.2. The van der Waals surface area contributed by atoms with Crippen LogP contribution in [0.3, 0.4) is 0 Å². The fourth-order valence-electron chi connectivity index (χ4n) is 3.41. The van der Waals surface area contributed by atoms with Crippen molar-refractivity contribution in [3.8, 4) is 5.75 Å². The average Bonchev–Trinajstić information content (AvgIpc) is 2.64. The number of ether oxygens (including phenoxy) is 2. The number of esters is 1. The van der Waals surface area contributed by atoms with Crippen molar-refractivity contribution in [2.45, 2.75) is 64.9 Å². The molecule has 1 amide bonds. The molecule has 0 saturated carbocycles. The molecule has 2 aromatic rings. The Labute approximate surface area is 169 Å². The average molecular weight is 401 g/mol. The fraction of sp³-hybridized carbons (Fsp3) is 0.500. The predicted molar refractivity (Wildman–Crippen MR) is 108 cm³/mol. The second-order valence-corrected chi connectivity index (χ2v) is 8.22. The van der Waals surface area contributed by atoms with Gasteiger partial charge in [0.1, 0.15) is 16.9 Å². The van der Waals surface area contributed by atoms with Crippen molar-refractivity contribution < 1.29 is 23.5 Å². The molecule has 1 aliphatic carbocycles. The van der Waals surface area contributed by atoms with E-state index >= 15 is 0 Å². The van der Waals surface area contributed by atoms with Gasteiger partial charge >= 0.3 is 17.7 Å². The zero-order chi connectivity index (χ0) is 21.0. The topological polar surface area (TPSA) is 94.8 Å². The molecule has 29 heavy (non-hydrogen) atoms. The van der Waals surface area contributed by atoms with Crippen molar-refractivity contribution in [2.75, 3.05) is 6.54 Å². The van der Waals surface area contributed by atoms with Crippen LogP contribution in [0.15, 0.2) is 27.4 Å². The molecule has 3 rings (SSSR count). The molecule has 156 valence electrons. The number of hydrogen-bond acceptors (Lipinski definition) is 6. The molecule has 0 radical (unpaired) electrons. The maximum Gasteiger partial charge on any atom is 0.407 e. The molecule has 1 N–H and O–H groups in total. The van der Waals surface area contributed by atoms with Crippen molar-refractivity contribution in [2.24, 2.45) is 0 Å². The molecule has 7 heteroatoms. The van der Waals surface area contributed by atoms with E-state index in [1.165, 1.54) is 0 Å². The smallest absolute Gasteiger partial charge is 0.407 e. The monoisotopic (exact) mass is 401 g/mol. The molecule has 0 atom stereocenters. The van der Waals surface area contributed by atoms with E-state index < -0.39 is 17.7 Å². The lowest BCUT2D eigenvalue weighted by molar-refractivity contribution is -0.134. The number of carbonyl (C=O) groups is 2. The highest BCUT2D eigenvalue weighted by atomic mass is 16.6. The van der Waals surface area contributed by atoms with E-state index in [0.29, 0.717) is 24.3 Å². The third-order valence-corrected chi connectivity index (χ3v) is 4.65. The molecule has 0 aliphatic heterocycles. The van der Waals surface area contributed by atoms with Crippen LogP contribution in [-0.2, 0) is 22.4 Å². The number of benzene rings is 1. The Bertz CT molecular complexity index is 970. The third kappa shape index (κ3) is 5.59. The summed E-state index contributed by atoms with van der Waals surface area (Å²) in [4.78, 5) is 35.8. The van der Waals surface area contributed by atoms with Gasteiger partial charge in [-0.05, 0) is 70.6 Å². The number of rotatable bonds is 5. The fourth-order valence-corrected chi connectivity index (χ4v) is 3.41. The summed E-state index contributed by atoms with van der Waals surface area (Å²) in [5, 5.41) is 3.50. The van der Waals surface area contributed by atoms with Crippen LogP contribution < -0.4 is 15.7 Å². The summed E-state index contributed by atoms with van der Waals surface area (Å²) in [6.45, 7) is 5.66. The Morgan fingerprint density at radius 3 is 2.59 bits per heavy atom. The van der Waals surface area contributed by atoms with E-state index in [1.807, 2.05) is 6.07 Å². The number of fused-ring (bicyclic) bond motifs is 3. The molecule has 1 aromatic heterocycles. The van der Waals surface area contributed by atoms with Crippen molar-refractivity contribution in [1.82, 2.24) is 5.32 Å². The lowest BCUT2D eigenvalue weighted by Gasteiger charge is -2.19. The van der Waals surface area contributed by atoms with Gasteiger partial charge in [0, 0.05) is 30.0 Å². The molecule has 7 nitrogen and oxygen atoms in total. The van der Waals surface area contributed by atoms with E-state index in [1.54, 1.807) is 32.9 Å². The minimum Gasteiger partial charge on any atom is -0.444 e. The van der Waals surface area contributed by atoms with Gasteiger partial charge in [0.25, 0.3) is 0 Å². The van der Waals surface area contributed by atoms with Crippen LogP contribution in [0.5, 0.6) is 5.75 Å². The molecule has 0 bridgehead atoms. The highest BCUT2D eigenvalue weighted by Gasteiger charge is 2.19. The van der Waals surface area contributed by atoms with Gasteiger partial charge < -0.3 is 19.2 Å². The first-order chi connectivity index (χ1) is 13.7. The Morgan fingerprint density at radius 2 is 1.86 bits per heavy atom. The second-order valence-electron chi connectivity index (χ2n) is 8.22. The van der Waals surface area contributed by atoms with Gasteiger partial charge in [-0.25, -0.2) is 9.59 Å². The lowest BCUT2D eigenvalue weighted by atomic mass is 9.91. The Morgan fingerprint density at radius 1 is 1.14 bits per heavy atom. The molecule has 1 heterocycles. The van der Waals surface area contributed by atoms with Gasteiger partial charge in [-0.15, -0.1) is 0 Å². The van der Waals surface area contributed by atoms with Crippen LogP contribution in [0.25, 0.3) is 11.0 Å².